The number of benzene rings is 1. The fourth-order valence-corrected chi connectivity index (χ4v) is 4.59. The molecule has 1 N–H and O–H groups in total. The van der Waals surface area contributed by atoms with E-state index in [-0.39, 0.29) is 5.91 Å². The lowest BCUT2D eigenvalue weighted by molar-refractivity contribution is -0.114. The van der Waals surface area contributed by atoms with Crippen LogP contribution in [-0.4, -0.2) is 42.1 Å². The summed E-state index contributed by atoms with van der Waals surface area (Å²) in [5.41, 5.74) is 3.39. The topological polar surface area (TPSA) is 61.4 Å². The van der Waals surface area contributed by atoms with Crippen LogP contribution in [0.3, 0.4) is 0 Å². The number of nitrogens with zero attached hydrogens (tertiary/aromatic N) is 4. The van der Waals surface area contributed by atoms with E-state index < -0.39 is 0 Å². The Morgan fingerprint density at radius 2 is 1.79 bits per heavy atom. The highest BCUT2D eigenvalue weighted by molar-refractivity contribution is 7.16. The van der Waals surface area contributed by atoms with Crippen LogP contribution in [-0.2, 0) is 11.2 Å². The summed E-state index contributed by atoms with van der Waals surface area (Å²) in [5.74, 6) is 0.479. The maximum atomic E-state index is 11.1. The smallest absolute Gasteiger partial charge is 0.222 e. The molecule has 7 heteroatoms. The van der Waals surface area contributed by atoms with E-state index in [0.717, 1.165) is 49.1 Å². The van der Waals surface area contributed by atoms with E-state index in [9.17, 15) is 4.79 Å². The lowest BCUT2D eigenvalue weighted by atomic mass is 10.1. The maximum Gasteiger partial charge on any atom is 0.222 e. The van der Waals surface area contributed by atoms with Gasteiger partial charge in [0.05, 0.1) is 17.6 Å². The Kier molecular flexibility index (Phi) is 5.76. The van der Waals surface area contributed by atoms with E-state index >= 15 is 0 Å². The van der Waals surface area contributed by atoms with Crippen molar-refractivity contribution in [2.24, 2.45) is 0 Å². The van der Waals surface area contributed by atoms with Crippen molar-refractivity contribution in [1.82, 2.24) is 9.97 Å². The molecule has 1 fully saturated rings. The van der Waals surface area contributed by atoms with Gasteiger partial charge in [-0.1, -0.05) is 37.3 Å². The summed E-state index contributed by atoms with van der Waals surface area (Å²) in [6.07, 6.45) is 2.82. The number of anilines is 3. The first-order valence-corrected chi connectivity index (χ1v) is 10.7. The molecular formula is C22H25N5OS. The summed E-state index contributed by atoms with van der Waals surface area (Å²) in [5, 5.41) is 3.82. The number of rotatable bonds is 5. The van der Waals surface area contributed by atoms with E-state index in [0.29, 0.717) is 5.82 Å². The van der Waals surface area contributed by atoms with Crippen LogP contribution in [0.4, 0.5) is 16.6 Å². The fourth-order valence-electron chi connectivity index (χ4n) is 3.52. The highest BCUT2D eigenvalue weighted by atomic mass is 32.1. The number of piperazine rings is 1. The molecule has 1 aliphatic heterocycles. The average molecular weight is 408 g/mol. The van der Waals surface area contributed by atoms with Gasteiger partial charge in [-0.3, -0.25) is 4.79 Å². The number of amides is 1. The van der Waals surface area contributed by atoms with Gasteiger partial charge in [0.25, 0.3) is 0 Å². The molecule has 1 saturated heterocycles. The molecule has 0 bridgehead atoms. The number of nitrogens with one attached hydrogen (secondary N) is 1. The second-order valence-electron chi connectivity index (χ2n) is 7.04. The van der Waals surface area contributed by atoms with Gasteiger partial charge in [-0.05, 0) is 18.6 Å². The third-order valence-electron chi connectivity index (χ3n) is 5.02. The number of carbonyl (C=O) groups excluding carboxylic acids is 1. The minimum absolute atomic E-state index is 0.108. The summed E-state index contributed by atoms with van der Waals surface area (Å²) in [7, 11) is 0. The zero-order valence-electron chi connectivity index (χ0n) is 16.8. The van der Waals surface area contributed by atoms with Crippen molar-refractivity contribution in [1.29, 1.82) is 0 Å². The van der Waals surface area contributed by atoms with Crippen molar-refractivity contribution in [2.45, 2.75) is 20.3 Å². The normalized spacial score (nSPS) is 14.1. The van der Waals surface area contributed by atoms with Crippen LogP contribution in [0.1, 0.15) is 18.7 Å². The minimum Gasteiger partial charge on any atom is -0.367 e. The van der Waals surface area contributed by atoms with E-state index in [1.54, 1.807) is 0 Å². The van der Waals surface area contributed by atoms with Gasteiger partial charge in [0, 0.05) is 43.5 Å². The Balaban J connectivity index is 1.43. The van der Waals surface area contributed by atoms with Gasteiger partial charge < -0.3 is 15.1 Å². The van der Waals surface area contributed by atoms with Crippen molar-refractivity contribution in [3.8, 4) is 11.3 Å². The van der Waals surface area contributed by atoms with Crippen LogP contribution < -0.4 is 15.1 Å². The maximum absolute atomic E-state index is 11.1. The molecule has 0 aliphatic carbocycles. The van der Waals surface area contributed by atoms with Gasteiger partial charge in [-0.15, -0.1) is 11.3 Å². The summed E-state index contributed by atoms with van der Waals surface area (Å²) in [4.78, 5) is 26.5. The molecule has 3 aromatic rings. The van der Waals surface area contributed by atoms with Gasteiger partial charge in [0.2, 0.25) is 5.91 Å². The molecular weight excluding hydrogens is 382 g/mol. The Morgan fingerprint density at radius 3 is 2.41 bits per heavy atom. The summed E-state index contributed by atoms with van der Waals surface area (Å²) < 4.78 is 0. The summed E-state index contributed by atoms with van der Waals surface area (Å²) in [6.45, 7) is 7.38. The number of carbonyl (C=O) groups is 1. The van der Waals surface area contributed by atoms with Crippen molar-refractivity contribution >= 4 is 33.9 Å². The molecule has 4 rings (SSSR count). The Bertz CT molecular complexity index is 963. The highest BCUT2D eigenvalue weighted by Crippen LogP contribution is 2.34. The molecule has 150 valence electrons. The molecule has 0 saturated carbocycles. The third kappa shape index (κ3) is 4.40. The number of aryl methyl sites for hydroxylation is 1. The first-order valence-electron chi connectivity index (χ1n) is 9.92. The lowest BCUT2D eigenvalue weighted by Gasteiger charge is -2.35. The van der Waals surface area contributed by atoms with Crippen molar-refractivity contribution in [2.75, 3.05) is 41.3 Å². The molecule has 0 radical (unpaired) electrons. The van der Waals surface area contributed by atoms with Gasteiger partial charge in [-0.25, -0.2) is 9.97 Å². The first kappa shape index (κ1) is 19.4. The number of pyridine rings is 1. The fraction of sp³-hybridized carbons (Fsp3) is 0.318. The summed E-state index contributed by atoms with van der Waals surface area (Å²) >= 11 is 1.81. The van der Waals surface area contributed by atoms with E-state index in [4.69, 9.17) is 4.98 Å². The SMILES string of the molecule is CCc1sc(N2CCN(c3ccc(NC(C)=O)nc3)CC2)nc1-c1ccccc1. The molecule has 0 atom stereocenters. The van der Waals surface area contributed by atoms with Crippen molar-refractivity contribution < 1.29 is 4.79 Å². The quantitative estimate of drug-likeness (QED) is 0.691. The lowest BCUT2D eigenvalue weighted by Crippen LogP contribution is -2.46. The molecule has 29 heavy (non-hydrogen) atoms. The van der Waals surface area contributed by atoms with Gasteiger partial charge in [-0.2, -0.15) is 0 Å². The summed E-state index contributed by atoms with van der Waals surface area (Å²) in [6, 6.07) is 14.3. The number of thiazole rings is 1. The molecule has 6 nitrogen and oxygen atoms in total. The monoisotopic (exact) mass is 407 g/mol. The second kappa shape index (κ2) is 8.61. The highest BCUT2D eigenvalue weighted by Gasteiger charge is 2.22. The molecule has 0 unspecified atom stereocenters. The average Bonchev–Trinajstić information content (AvgIpc) is 3.19. The molecule has 2 aromatic heterocycles. The van der Waals surface area contributed by atoms with E-state index in [1.165, 1.54) is 17.4 Å². The standard InChI is InChI=1S/C22H25N5OS/c1-3-19-21(17-7-5-4-6-8-17)25-22(29-19)27-13-11-26(12-14-27)18-9-10-20(23-15-18)24-16(2)28/h4-10,15H,3,11-14H2,1-2H3,(H,23,24,28). The van der Waals surface area contributed by atoms with Crippen LogP contribution in [0, 0.1) is 0 Å². The largest absolute Gasteiger partial charge is 0.367 e. The zero-order chi connectivity index (χ0) is 20.2. The predicted octanol–water partition coefficient (Wildman–Crippen LogP) is 4.05. The number of hydrogen-bond acceptors (Lipinski definition) is 6. The van der Waals surface area contributed by atoms with Gasteiger partial charge in [0.1, 0.15) is 5.82 Å². The van der Waals surface area contributed by atoms with Crippen LogP contribution >= 0.6 is 11.3 Å². The Hall–Kier alpha value is -2.93. The van der Waals surface area contributed by atoms with Crippen LogP contribution in [0.25, 0.3) is 11.3 Å². The van der Waals surface area contributed by atoms with Gasteiger partial charge >= 0.3 is 0 Å². The van der Waals surface area contributed by atoms with E-state index in [1.807, 2.05) is 35.7 Å². The van der Waals surface area contributed by atoms with Crippen LogP contribution in [0.2, 0.25) is 0 Å². The van der Waals surface area contributed by atoms with Crippen molar-refractivity contribution in [3.05, 3.63) is 53.5 Å². The zero-order valence-corrected chi connectivity index (χ0v) is 17.6. The minimum atomic E-state index is -0.108. The van der Waals surface area contributed by atoms with Crippen molar-refractivity contribution in [3.63, 3.8) is 0 Å². The molecule has 1 aliphatic rings. The Labute approximate surface area is 175 Å². The number of hydrogen-bond donors (Lipinski definition) is 1. The Morgan fingerprint density at radius 1 is 1.07 bits per heavy atom. The van der Waals surface area contributed by atoms with E-state index in [2.05, 4.69) is 51.3 Å². The van der Waals surface area contributed by atoms with Crippen LogP contribution in [0.5, 0.6) is 0 Å². The predicted molar refractivity (Wildman–Crippen MR) is 120 cm³/mol. The molecule has 3 heterocycles. The number of aromatic nitrogens is 2. The molecule has 0 spiro atoms. The first-order chi connectivity index (χ1) is 14.1. The van der Waals surface area contributed by atoms with Crippen LogP contribution in [0.15, 0.2) is 48.7 Å². The molecule has 1 aromatic carbocycles. The third-order valence-corrected chi connectivity index (χ3v) is 6.28. The second-order valence-corrected chi connectivity index (χ2v) is 8.11. The van der Waals surface area contributed by atoms with Gasteiger partial charge in [0.15, 0.2) is 5.13 Å². The molecule has 1 amide bonds.